The summed E-state index contributed by atoms with van der Waals surface area (Å²) < 4.78 is 28.1. The van der Waals surface area contributed by atoms with E-state index in [2.05, 4.69) is 17.0 Å². The van der Waals surface area contributed by atoms with Gasteiger partial charge in [0.1, 0.15) is 11.4 Å². The van der Waals surface area contributed by atoms with E-state index in [0.717, 1.165) is 35.3 Å². The molecule has 2 rings (SSSR count). The molecular formula is C15H19F2N3S. The molecule has 0 fully saturated rings. The summed E-state index contributed by atoms with van der Waals surface area (Å²) in [5, 5.41) is 7.40. The average molecular weight is 311 g/mol. The van der Waals surface area contributed by atoms with Crippen molar-refractivity contribution in [2.45, 2.75) is 19.8 Å². The van der Waals surface area contributed by atoms with Crippen LogP contribution in [0.15, 0.2) is 24.8 Å². The van der Waals surface area contributed by atoms with Gasteiger partial charge in [-0.25, -0.2) is 0 Å². The molecule has 0 radical (unpaired) electrons. The monoisotopic (exact) mass is 311 g/mol. The Morgan fingerprint density at radius 2 is 2.19 bits per heavy atom. The van der Waals surface area contributed by atoms with Crippen LogP contribution in [0.1, 0.15) is 24.4 Å². The fourth-order valence-corrected chi connectivity index (χ4v) is 2.96. The van der Waals surface area contributed by atoms with Crippen molar-refractivity contribution in [3.8, 4) is 10.6 Å². The van der Waals surface area contributed by atoms with Crippen LogP contribution in [0, 0.1) is 0 Å². The normalized spacial score (nSPS) is 11.9. The maximum Gasteiger partial charge on any atom is 0.286 e. The van der Waals surface area contributed by atoms with Gasteiger partial charge in [-0.2, -0.15) is 13.9 Å². The molecule has 3 nitrogen and oxygen atoms in total. The van der Waals surface area contributed by atoms with Gasteiger partial charge in [0, 0.05) is 25.4 Å². The first-order valence-corrected chi connectivity index (χ1v) is 7.56. The summed E-state index contributed by atoms with van der Waals surface area (Å²) >= 11 is 1.52. The van der Waals surface area contributed by atoms with E-state index in [-0.39, 0.29) is 5.69 Å². The number of hydrogen-bond acceptors (Lipinski definition) is 3. The van der Waals surface area contributed by atoms with E-state index < -0.39 is 5.92 Å². The summed E-state index contributed by atoms with van der Waals surface area (Å²) in [5.41, 5.74) is 1.48. The number of hydrogen-bond donors (Lipinski definition) is 1. The number of aryl methyl sites for hydroxylation is 1. The lowest BCUT2D eigenvalue weighted by Crippen LogP contribution is -2.14. The minimum absolute atomic E-state index is 0.0843. The third-order valence-corrected chi connectivity index (χ3v) is 4.33. The van der Waals surface area contributed by atoms with Crippen molar-refractivity contribution in [2.24, 2.45) is 7.05 Å². The van der Waals surface area contributed by atoms with E-state index in [1.54, 1.807) is 0 Å². The van der Waals surface area contributed by atoms with Gasteiger partial charge in [-0.3, -0.25) is 4.68 Å². The number of rotatable bonds is 6. The SMILES string of the molecule is C=C(CNCC)c1ccc(-c2cc(C(C)(F)F)n(C)n2)s1. The molecule has 0 aliphatic carbocycles. The first kappa shape index (κ1) is 15.9. The third-order valence-electron chi connectivity index (χ3n) is 3.12. The minimum Gasteiger partial charge on any atom is -0.313 e. The smallest absolute Gasteiger partial charge is 0.286 e. The van der Waals surface area contributed by atoms with Crippen LogP contribution in [-0.2, 0) is 13.0 Å². The molecule has 21 heavy (non-hydrogen) atoms. The molecule has 2 aromatic heterocycles. The van der Waals surface area contributed by atoms with Crippen molar-refractivity contribution in [2.75, 3.05) is 13.1 Å². The second-order valence-corrected chi connectivity index (χ2v) is 6.06. The molecule has 0 atom stereocenters. The van der Waals surface area contributed by atoms with Gasteiger partial charge in [0.2, 0.25) is 0 Å². The van der Waals surface area contributed by atoms with Gasteiger partial charge in [0.25, 0.3) is 5.92 Å². The Balaban J connectivity index is 2.24. The first-order valence-electron chi connectivity index (χ1n) is 6.74. The predicted molar refractivity (Wildman–Crippen MR) is 83.7 cm³/mol. The zero-order valence-electron chi connectivity index (χ0n) is 12.4. The van der Waals surface area contributed by atoms with Crippen molar-refractivity contribution in [1.82, 2.24) is 15.1 Å². The second-order valence-electron chi connectivity index (χ2n) is 4.97. The molecule has 0 aromatic carbocycles. The quantitative estimate of drug-likeness (QED) is 0.877. The van der Waals surface area contributed by atoms with Crippen LogP contribution in [0.5, 0.6) is 0 Å². The lowest BCUT2D eigenvalue weighted by Gasteiger charge is -2.08. The van der Waals surface area contributed by atoms with Crippen LogP contribution in [0.3, 0.4) is 0 Å². The zero-order chi connectivity index (χ0) is 15.6. The van der Waals surface area contributed by atoms with Crippen molar-refractivity contribution >= 4 is 16.9 Å². The highest BCUT2D eigenvalue weighted by molar-refractivity contribution is 7.16. The average Bonchev–Trinajstić information content (AvgIpc) is 3.01. The largest absolute Gasteiger partial charge is 0.313 e. The third kappa shape index (κ3) is 3.57. The Morgan fingerprint density at radius 3 is 2.76 bits per heavy atom. The molecule has 0 aliphatic rings. The lowest BCUT2D eigenvalue weighted by atomic mass is 10.2. The molecule has 6 heteroatoms. The van der Waals surface area contributed by atoms with Crippen LogP contribution < -0.4 is 5.32 Å². The highest BCUT2D eigenvalue weighted by Crippen LogP contribution is 2.34. The van der Waals surface area contributed by atoms with Crippen LogP contribution in [0.4, 0.5) is 8.78 Å². The summed E-state index contributed by atoms with van der Waals surface area (Å²) in [5.74, 6) is -2.89. The molecule has 0 aliphatic heterocycles. The first-order chi connectivity index (χ1) is 9.82. The molecule has 114 valence electrons. The van der Waals surface area contributed by atoms with Gasteiger partial charge in [-0.1, -0.05) is 13.5 Å². The predicted octanol–water partition coefficient (Wildman–Crippen LogP) is 3.88. The summed E-state index contributed by atoms with van der Waals surface area (Å²) in [4.78, 5) is 1.91. The molecule has 0 bridgehead atoms. The second kappa shape index (κ2) is 6.07. The number of thiophene rings is 1. The summed E-state index contributed by atoms with van der Waals surface area (Å²) in [7, 11) is 1.54. The molecular weight excluding hydrogens is 292 g/mol. The minimum atomic E-state index is -2.89. The van der Waals surface area contributed by atoms with Gasteiger partial charge in [-0.15, -0.1) is 11.3 Å². The molecule has 2 heterocycles. The number of aromatic nitrogens is 2. The van der Waals surface area contributed by atoms with Crippen LogP contribution in [0.25, 0.3) is 16.1 Å². The topological polar surface area (TPSA) is 29.9 Å². The van der Waals surface area contributed by atoms with Gasteiger partial charge in [0.15, 0.2) is 0 Å². The van der Waals surface area contributed by atoms with E-state index in [4.69, 9.17) is 0 Å². The van der Waals surface area contributed by atoms with Crippen LogP contribution in [0.2, 0.25) is 0 Å². The van der Waals surface area contributed by atoms with Gasteiger partial charge < -0.3 is 5.32 Å². The number of alkyl halides is 2. The van der Waals surface area contributed by atoms with Crippen molar-refractivity contribution in [3.05, 3.63) is 35.3 Å². The van der Waals surface area contributed by atoms with Crippen molar-refractivity contribution in [3.63, 3.8) is 0 Å². The maximum absolute atomic E-state index is 13.4. The van der Waals surface area contributed by atoms with E-state index in [1.165, 1.54) is 29.1 Å². The molecule has 2 aromatic rings. The molecule has 0 saturated heterocycles. The Bertz CT molecular complexity index is 638. The Kier molecular flexibility index (Phi) is 4.58. The molecule has 0 saturated carbocycles. The van der Waals surface area contributed by atoms with E-state index in [9.17, 15) is 8.78 Å². The van der Waals surface area contributed by atoms with Crippen molar-refractivity contribution < 1.29 is 8.78 Å². The van der Waals surface area contributed by atoms with Gasteiger partial charge in [-0.05, 0) is 30.3 Å². The number of halogens is 2. The van der Waals surface area contributed by atoms with Crippen LogP contribution >= 0.6 is 11.3 Å². The van der Waals surface area contributed by atoms with Crippen LogP contribution in [-0.4, -0.2) is 22.9 Å². The lowest BCUT2D eigenvalue weighted by molar-refractivity contribution is 0.00883. The highest BCUT2D eigenvalue weighted by atomic mass is 32.1. The fourth-order valence-electron chi connectivity index (χ4n) is 2.03. The summed E-state index contributed by atoms with van der Waals surface area (Å²) in [6.45, 7) is 8.55. The molecule has 0 unspecified atom stereocenters. The van der Waals surface area contributed by atoms with E-state index in [0.29, 0.717) is 5.69 Å². The zero-order valence-corrected chi connectivity index (χ0v) is 13.2. The fraction of sp³-hybridized carbons (Fsp3) is 0.400. The Morgan fingerprint density at radius 1 is 1.48 bits per heavy atom. The molecule has 1 N–H and O–H groups in total. The van der Waals surface area contributed by atoms with Gasteiger partial charge in [0.05, 0.1) is 4.88 Å². The number of nitrogens with one attached hydrogen (secondary N) is 1. The number of nitrogens with zero attached hydrogens (tertiary/aromatic N) is 2. The highest BCUT2D eigenvalue weighted by Gasteiger charge is 2.29. The van der Waals surface area contributed by atoms with Crippen molar-refractivity contribution in [1.29, 1.82) is 0 Å². The van der Waals surface area contributed by atoms with Gasteiger partial charge >= 0.3 is 0 Å². The molecule has 0 amide bonds. The maximum atomic E-state index is 13.4. The van der Waals surface area contributed by atoms with E-state index in [1.807, 2.05) is 19.1 Å². The Hall–Kier alpha value is -1.53. The number of likely N-dealkylation sites (N-methyl/N-ethyl adjacent to an activating group) is 1. The standard InChI is InChI=1S/C15H19F2N3S/c1-5-18-9-10(2)12-6-7-13(21-12)11-8-14(15(3,16)17)20(4)19-11/h6-8,18H,2,5,9H2,1,3-4H3. The summed E-state index contributed by atoms with van der Waals surface area (Å²) in [6.07, 6.45) is 0. The van der Waals surface area contributed by atoms with E-state index >= 15 is 0 Å². The summed E-state index contributed by atoms with van der Waals surface area (Å²) in [6, 6.07) is 5.30. The molecule has 0 spiro atoms. The Labute approximate surface area is 127 Å².